The van der Waals surface area contributed by atoms with Crippen LogP contribution >= 0.6 is 11.3 Å². The van der Waals surface area contributed by atoms with Crippen molar-refractivity contribution < 1.29 is 9.59 Å². The van der Waals surface area contributed by atoms with E-state index in [0.717, 1.165) is 11.1 Å². The Labute approximate surface area is 185 Å². The third-order valence-corrected chi connectivity index (χ3v) is 6.38. The van der Waals surface area contributed by atoms with E-state index >= 15 is 0 Å². The zero-order valence-electron chi connectivity index (χ0n) is 17.6. The number of aromatic nitrogens is 2. The Balaban J connectivity index is 1.58. The fourth-order valence-electron chi connectivity index (χ4n) is 3.96. The summed E-state index contributed by atoms with van der Waals surface area (Å²) < 4.78 is 0. The minimum Gasteiger partial charge on any atom is -0.374 e. The van der Waals surface area contributed by atoms with Gasteiger partial charge in [0.2, 0.25) is 16.9 Å². The van der Waals surface area contributed by atoms with Gasteiger partial charge in [-0.05, 0) is 29.2 Å². The van der Waals surface area contributed by atoms with E-state index in [2.05, 4.69) is 41.4 Å². The number of carbonyl (C=O) groups is 2. The van der Waals surface area contributed by atoms with Gasteiger partial charge in [-0.25, -0.2) is 0 Å². The molecule has 0 saturated carbocycles. The molecular weight excluding hydrogens is 410 g/mol. The Bertz CT molecular complexity index is 1110. The molecule has 4 rings (SSSR count). The maximum absolute atomic E-state index is 13.0. The fraction of sp³-hybridized carbons (Fsp3) is 0.304. The maximum Gasteiger partial charge on any atom is 0.245 e. The normalized spacial score (nSPS) is 16.6. The number of nitrogens with two attached hydrogens (primary N) is 1. The van der Waals surface area contributed by atoms with Gasteiger partial charge in [-0.1, -0.05) is 59.9 Å². The van der Waals surface area contributed by atoms with Crippen LogP contribution in [0.5, 0.6) is 0 Å². The van der Waals surface area contributed by atoms with E-state index in [1.807, 2.05) is 24.3 Å². The average Bonchev–Trinajstić information content (AvgIpc) is 3.16. The van der Waals surface area contributed by atoms with E-state index in [4.69, 9.17) is 5.73 Å². The number of hydrogen-bond donors (Lipinski definition) is 1. The Morgan fingerprint density at radius 3 is 2.71 bits per heavy atom. The summed E-state index contributed by atoms with van der Waals surface area (Å²) in [5.41, 5.74) is 10.1. The SMILES string of the molecule is Cc1ccccc1-c1cccc(C[C@@H]2C(=O)N(C)CCN2C(=O)Cc2nnc(N)s2)c1. The van der Waals surface area contributed by atoms with Crippen molar-refractivity contribution >= 4 is 28.3 Å². The van der Waals surface area contributed by atoms with Crippen LogP contribution in [0, 0.1) is 6.92 Å². The summed E-state index contributed by atoms with van der Waals surface area (Å²) in [6, 6.07) is 15.9. The first-order valence-corrected chi connectivity index (χ1v) is 11.0. The van der Waals surface area contributed by atoms with Crippen LogP contribution in [0.25, 0.3) is 11.1 Å². The van der Waals surface area contributed by atoms with Crippen molar-refractivity contribution in [3.63, 3.8) is 0 Å². The second kappa shape index (κ2) is 8.85. The Hall–Kier alpha value is -3.26. The van der Waals surface area contributed by atoms with Gasteiger partial charge < -0.3 is 15.5 Å². The topological polar surface area (TPSA) is 92.4 Å². The molecule has 0 bridgehead atoms. The Morgan fingerprint density at radius 2 is 1.97 bits per heavy atom. The van der Waals surface area contributed by atoms with Gasteiger partial charge >= 0.3 is 0 Å². The summed E-state index contributed by atoms with van der Waals surface area (Å²) in [5, 5.41) is 8.62. The number of anilines is 1. The molecule has 1 aliphatic heterocycles. The highest BCUT2D eigenvalue weighted by molar-refractivity contribution is 7.15. The van der Waals surface area contributed by atoms with Crippen LogP contribution in [0.3, 0.4) is 0 Å². The molecule has 2 N–H and O–H groups in total. The molecule has 7 nitrogen and oxygen atoms in total. The van der Waals surface area contributed by atoms with Crippen LogP contribution in [0.1, 0.15) is 16.1 Å². The summed E-state index contributed by atoms with van der Waals surface area (Å²) in [6.07, 6.45) is 0.568. The van der Waals surface area contributed by atoms with Crippen molar-refractivity contribution in [2.75, 3.05) is 25.9 Å². The predicted octanol–water partition coefficient (Wildman–Crippen LogP) is 2.55. The summed E-state index contributed by atoms with van der Waals surface area (Å²) in [6.45, 7) is 3.10. The lowest BCUT2D eigenvalue weighted by Crippen LogP contribution is -2.58. The molecule has 0 radical (unpaired) electrons. The number of nitrogen functional groups attached to an aromatic ring is 1. The van der Waals surface area contributed by atoms with Gasteiger partial charge in [0.1, 0.15) is 11.0 Å². The molecule has 3 aromatic rings. The number of amides is 2. The molecule has 0 spiro atoms. The summed E-state index contributed by atoms with van der Waals surface area (Å²) >= 11 is 1.20. The van der Waals surface area contributed by atoms with E-state index in [-0.39, 0.29) is 18.2 Å². The molecule has 31 heavy (non-hydrogen) atoms. The van der Waals surface area contributed by atoms with E-state index in [9.17, 15) is 9.59 Å². The lowest BCUT2D eigenvalue weighted by atomic mass is 9.95. The quantitative estimate of drug-likeness (QED) is 0.665. The fourth-order valence-corrected chi connectivity index (χ4v) is 4.56. The standard InChI is InChI=1S/C23H25N5O2S/c1-15-6-3-4-9-18(15)17-8-5-7-16(12-17)13-19-22(30)27(2)10-11-28(19)21(29)14-20-25-26-23(24)31-20/h3-9,12,19H,10-11,13-14H2,1-2H3,(H2,24,26)/t19-/m1/s1. The van der Waals surface area contributed by atoms with E-state index < -0.39 is 6.04 Å². The van der Waals surface area contributed by atoms with Crippen LogP contribution < -0.4 is 5.73 Å². The maximum atomic E-state index is 13.0. The van der Waals surface area contributed by atoms with Gasteiger partial charge in [0, 0.05) is 26.6 Å². The van der Waals surface area contributed by atoms with Crippen molar-refractivity contribution in [1.29, 1.82) is 0 Å². The van der Waals surface area contributed by atoms with Crippen molar-refractivity contribution in [2.45, 2.75) is 25.8 Å². The molecule has 0 aliphatic carbocycles. The minimum absolute atomic E-state index is 0.0438. The molecule has 1 aliphatic rings. The number of benzene rings is 2. The third kappa shape index (κ3) is 4.59. The van der Waals surface area contributed by atoms with Crippen LogP contribution in [0.4, 0.5) is 5.13 Å². The van der Waals surface area contributed by atoms with Gasteiger partial charge in [-0.15, -0.1) is 10.2 Å². The first kappa shape index (κ1) is 21.0. The molecule has 1 aromatic heterocycles. The number of nitrogens with zero attached hydrogens (tertiary/aromatic N) is 4. The van der Waals surface area contributed by atoms with Crippen LogP contribution in [0.15, 0.2) is 48.5 Å². The molecule has 2 heterocycles. The molecule has 1 fully saturated rings. The highest BCUT2D eigenvalue weighted by atomic mass is 32.1. The molecule has 0 unspecified atom stereocenters. The minimum atomic E-state index is -0.538. The van der Waals surface area contributed by atoms with Crippen molar-refractivity contribution in [1.82, 2.24) is 20.0 Å². The Morgan fingerprint density at radius 1 is 1.16 bits per heavy atom. The average molecular weight is 436 g/mol. The van der Waals surface area contributed by atoms with Gasteiger partial charge in [0.15, 0.2) is 0 Å². The van der Waals surface area contributed by atoms with Crippen LogP contribution in [-0.4, -0.2) is 58.0 Å². The van der Waals surface area contributed by atoms with Crippen LogP contribution in [0.2, 0.25) is 0 Å². The number of hydrogen-bond acceptors (Lipinski definition) is 6. The molecule has 8 heteroatoms. The van der Waals surface area contributed by atoms with Crippen LogP contribution in [-0.2, 0) is 22.4 Å². The third-order valence-electron chi connectivity index (χ3n) is 5.63. The summed E-state index contributed by atoms with van der Waals surface area (Å²) in [5.74, 6) is -0.171. The van der Waals surface area contributed by atoms with E-state index in [1.54, 1.807) is 16.8 Å². The number of piperazine rings is 1. The van der Waals surface area contributed by atoms with Crippen molar-refractivity contribution in [3.8, 4) is 11.1 Å². The number of carbonyl (C=O) groups excluding carboxylic acids is 2. The monoisotopic (exact) mass is 435 g/mol. The summed E-state index contributed by atoms with van der Waals surface area (Å²) in [4.78, 5) is 29.4. The second-order valence-corrected chi connectivity index (χ2v) is 8.89. The zero-order chi connectivity index (χ0) is 22.0. The van der Waals surface area contributed by atoms with Crippen molar-refractivity contribution in [3.05, 3.63) is 64.7 Å². The molecule has 160 valence electrons. The molecule has 2 aromatic carbocycles. The van der Waals surface area contributed by atoms with Gasteiger partial charge in [0.25, 0.3) is 0 Å². The molecule has 1 atom stereocenters. The molecule has 1 saturated heterocycles. The first-order chi connectivity index (χ1) is 14.9. The number of rotatable bonds is 5. The Kier molecular flexibility index (Phi) is 5.99. The molecule has 2 amide bonds. The largest absolute Gasteiger partial charge is 0.374 e. The van der Waals surface area contributed by atoms with Crippen molar-refractivity contribution in [2.24, 2.45) is 0 Å². The first-order valence-electron chi connectivity index (χ1n) is 10.2. The summed E-state index contributed by atoms with van der Waals surface area (Å²) in [7, 11) is 1.78. The predicted molar refractivity (Wildman–Crippen MR) is 121 cm³/mol. The lowest BCUT2D eigenvalue weighted by molar-refractivity contribution is -0.149. The highest BCUT2D eigenvalue weighted by Gasteiger charge is 2.36. The number of aryl methyl sites for hydroxylation is 1. The van der Waals surface area contributed by atoms with E-state index in [1.165, 1.54) is 22.5 Å². The van der Waals surface area contributed by atoms with Gasteiger partial charge in [0.05, 0.1) is 6.42 Å². The second-order valence-electron chi connectivity index (χ2n) is 7.79. The molecular formula is C23H25N5O2S. The smallest absolute Gasteiger partial charge is 0.245 e. The zero-order valence-corrected chi connectivity index (χ0v) is 18.4. The number of likely N-dealkylation sites (N-methyl/N-ethyl adjacent to an activating group) is 1. The lowest BCUT2D eigenvalue weighted by Gasteiger charge is -2.39. The van der Waals surface area contributed by atoms with Gasteiger partial charge in [-0.3, -0.25) is 9.59 Å². The van der Waals surface area contributed by atoms with E-state index in [0.29, 0.717) is 29.6 Å². The van der Waals surface area contributed by atoms with Gasteiger partial charge in [-0.2, -0.15) is 0 Å². The highest BCUT2D eigenvalue weighted by Crippen LogP contribution is 2.26.